The Labute approximate surface area is 136 Å². The molecule has 6 heteroatoms. The van der Waals surface area contributed by atoms with E-state index < -0.39 is 0 Å². The summed E-state index contributed by atoms with van der Waals surface area (Å²) in [5, 5.41) is 2.95. The number of hydrogen-bond acceptors (Lipinski definition) is 5. The van der Waals surface area contributed by atoms with Crippen molar-refractivity contribution in [2.75, 3.05) is 32.5 Å². The first-order valence-electron chi connectivity index (χ1n) is 7.44. The lowest BCUT2D eigenvalue weighted by Crippen LogP contribution is -2.40. The minimum atomic E-state index is 0.108. The monoisotopic (exact) mass is 324 g/mol. The number of hydrogen-bond donors (Lipinski definition) is 1. The van der Waals surface area contributed by atoms with Crippen LogP contribution in [0.1, 0.15) is 18.9 Å². The highest BCUT2D eigenvalue weighted by molar-refractivity contribution is 7.98. The van der Waals surface area contributed by atoms with Gasteiger partial charge in [-0.25, -0.2) is 0 Å². The molecule has 0 spiro atoms. The maximum Gasteiger partial charge on any atom is 0.231 e. The third kappa shape index (κ3) is 4.81. The van der Waals surface area contributed by atoms with Gasteiger partial charge < -0.3 is 14.8 Å². The van der Waals surface area contributed by atoms with Crippen molar-refractivity contribution in [3.05, 3.63) is 23.8 Å². The van der Waals surface area contributed by atoms with Gasteiger partial charge in [0.15, 0.2) is 11.5 Å². The van der Waals surface area contributed by atoms with E-state index in [1.807, 2.05) is 25.4 Å². The first-order valence-corrected chi connectivity index (χ1v) is 8.84. The molecule has 1 aliphatic heterocycles. The van der Waals surface area contributed by atoms with Crippen LogP contribution in [0.2, 0.25) is 0 Å². The molecule has 0 bridgehead atoms. The number of fused-ring (bicyclic) bond motifs is 1. The fourth-order valence-corrected chi connectivity index (χ4v) is 2.61. The lowest BCUT2D eigenvalue weighted by atomic mass is 10.1. The highest BCUT2D eigenvalue weighted by Gasteiger charge is 2.16. The van der Waals surface area contributed by atoms with Gasteiger partial charge in [-0.2, -0.15) is 11.8 Å². The van der Waals surface area contributed by atoms with Crippen LogP contribution in [-0.4, -0.2) is 49.4 Å². The maximum absolute atomic E-state index is 11.6. The van der Waals surface area contributed by atoms with E-state index in [-0.39, 0.29) is 5.91 Å². The zero-order valence-corrected chi connectivity index (χ0v) is 14.2. The van der Waals surface area contributed by atoms with E-state index in [0.717, 1.165) is 23.7 Å². The Morgan fingerprint density at radius 1 is 1.41 bits per heavy atom. The molecule has 1 heterocycles. The Morgan fingerprint density at radius 2 is 2.18 bits per heavy atom. The molecule has 5 nitrogen and oxygen atoms in total. The molecule has 1 aromatic carbocycles. The number of nitrogens with one attached hydrogen (secondary N) is 1. The van der Waals surface area contributed by atoms with Gasteiger partial charge in [0.05, 0.1) is 6.67 Å². The second-order valence-corrected chi connectivity index (χ2v) is 6.48. The average molecular weight is 324 g/mol. The minimum Gasteiger partial charge on any atom is -0.454 e. The molecule has 1 aromatic rings. The third-order valence-corrected chi connectivity index (χ3v) is 4.39. The predicted octanol–water partition coefficient (Wildman–Crippen LogP) is 2.10. The second kappa shape index (κ2) is 8.29. The molecule has 0 saturated carbocycles. The van der Waals surface area contributed by atoms with E-state index in [9.17, 15) is 4.79 Å². The highest BCUT2D eigenvalue weighted by Crippen LogP contribution is 2.32. The summed E-state index contributed by atoms with van der Waals surface area (Å²) < 4.78 is 10.7. The Bertz CT molecular complexity index is 510. The fourth-order valence-electron chi connectivity index (χ4n) is 2.22. The van der Waals surface area contributed by atoms with E-state index in [0.29, 0.717) is 25.9 Å². The molecule has 2 rings (SSSR count). The van der Waals surface area contributed by atoms with Crippen molar-refractivity contribution >= 4 is 17.7 Å². The van der Waals surface area contributed by atoms with Crippen molar-refractivity contribution in [3.63, 3.8) is 0 Å². The molecule has 1 aliphatic rings. The predicted molar refractivity (Wildman–Crippen MR) is 89.5 cm³/mol. The van der Waals surface area contributed by atoms with Crippen LogP contribution in [0.15, 0.2) is 18.2 Å². The highest BCUT2D eigenvalue weighted by atomic mass is 32.2. The standard InChI is InChI=1S/C16H24N2O3S/c1-12(18(2)10-17-16(19)6-7-22-3)8-13-4-5-14-15(9-13)21-11-20-14/h4-5,9,12H,6-8,10-11H2,1-3H3,(H,17,19). The molecule has 0 saturated heterocycles. The van der Waals surface area contributed by atoms with Gasteiger partial charge in [-0.15, -0.1) is 0 Å². The molecule has 1 N–H and O–H groups in total. The van der Waals surface area contributed by atoms with E-state index in [1.54, 1.807) is 11.8 Å². The molecular formula is C16H24N2O3S. The molecule has 1 atom stereocenters. The largest absolute Gasteiger partial charge is 0.454 e. The van der Waals surface area contributed by atoms with Crippen LogP contribution < -0.4 is 14.8 Å². The first kappa shape index (κ1) is 17.0. The van der Waals surface area contributed by atoms with Crippen molar-refractivity contribution in [1.82, 2.24) is 10.2 Å². The maximum atomic E-state index is 11.6. The van der Waals surface area contributed by atoms with Gasteiger partial charge >= 0.3 is 0 Å². The minimum absolute atomic E-state index is 0.108. The Morgan fingerprint density at radius 3 is 2.95 bits per heavy atom. The Kier molecular flexibility index (Phi) is 6.39. The molecule has 0 aromatic heterocycles. The van der Waals surface area contributed by atoms with Crippen LogP contribution >= 0.6 is 11.8 Å². The summed E-state index contributed by atoms with van der Waals surface area (Å²) >= 11 is 1.69. The number of carbonyl (C=O) groups is 1. The van der Waals surface area contributed by atoms with Crippen molar-refractivity contribution in [2.24, 2.45) is 0 Å². The van der Waals surface area contributed by atoms with Gasteiger partial charge in [0.2, 0.25) is 12.7 Å². The van der Waals surface area contributed by atoms with E-state index >= 15 is 0 Å². The number of ether oxygens (including phenoxy) is 2. The first-order chi connectivity index (χ1) is 10.6. The zero-order chi connectivity index (χ0) is 15.9. The van der Waals surface area contributed by atoms with Crippen LogP contribution in [0, 0.1) is 0 Å². The van der Waals surface area contributed by atoms with Crippen LogP contribution in [0.3, 0.4) is 0 Å². The van der Waals surface area contributed by atoms with Gasteiger partial charge in [0, 0.05) is 18.2 Å². The summed E-state index contributed by atoms with van der Waals surface area (Å²) in [6, 6.07) is 6.37. The molecule has 122 valence electrons. The summed E-state index contributed by atoms with van der Waals surface area (Å²) in [7, 11) is 2.02. The number of likely N-dealkylation sites (N-methyl/N-ethyl adjacent to an activating group) is 1. The Hall–Kier alpha value is -1.40. The number of thioether (sulfide) groups is 1. The van der Waals surface area contributed by atoms with Crippen LogP contribution in [0.25, 0.3) is 0 Å². The number of rotatable bonds is 8. The van der Waals surface area contributed by atoms with Crippen molar-refractivity contribution in [1.29, 1.82) is 0 Å². The molecule has 0 aliphatic carbocycles. The zero-order valence-electron chi connectivity index (χ0n) is 13.4. The molecule has 1 amide bonds. The van der Waals surface area contributed by atoms with Crippen molar-refractivity contribution < 1.29 is 14.3 Å². The normalized spacial score (nSPS) is 14.2. The van der Waals surface area contributed by atoms with E-state index in [4.69, 9.17) is 9.47 Å². The van der Waals surface area contributed by atoms with Crippen LogP contribution in [-0.2, 0) is 11.2 Å². The summed E-state index contributed by atoms with van der Waals surface area (Å²) in [6.07, 6.45) is 3.48. The van der Waals surface area contributed by atoms with Crippen molar-refractivity contribution in [3.8, 4) is 11.5 Å². The number of carbonyl (C=O) groups excluding carboxylic acids is 1. The molecule has 22 heavy (non-hydrogen) atoms. The van der Waals surface area contributed by atoms with Gasteiger partial charge in [-0.3, -0.25) is 9.69 Å². The van der Waals surface area contributed by atoms with Gasteiger partial charge in [-0.05, 0) is 44.3 Å². The van der Waals surface area contributed by atoms with Gasteiger partial charge in [-0.1, -0.05) is 6.07 Å². The Balaban J connectivity index is 1.78. The number of nitrogens with zero attached hydrogens (tertiary/aromatic N) is 1. The quantitative estimate of drug-likeness (QED) is 0.742. The SMILES string of the molecule is CSCCC(=O)NCN(C)C(C)Cc1ccc2c(c1)OCO2. The lowest BCUT2D eigenvalue weighted by Gasteiger charge is -2.25. The van der Waals surface area contributed by atoms with Crippen LogP contribution in [0.4, 0.5) is 0 Å². The van der Waals surface area contributed by atoms with Gasteiger partial charge in [0.1, 0.15) is 0 Å². The fraction of sp³-hybridized carbons (Fsp3) is 0.562. The van der Waals surface area contributed by atoms with E-state index in [2.05, 4.69) is 23.2 Å². The number of benzene rings is 1. The summed E-state index contributed by atoms with van der Waals surface area (Å²) in [6.45, 7) is 3.02. The van der Waals surface area contributed by atoms with Crippen molar-refractivity contribution in [2.45, 2.75) is 25.8 Å². The summed E-state index contributed by atoms with van der Waals surface area (Å²) in [5.74, 6) is 2.60. The molecule has 0 fully saturated rings. The lowest BCUT2D eigenvalue weighted by molar-refractivity contribution is -0.121. The average Bonchev–Trinajstić information content (AvgIpc) is 2.98. The smallest absolute Gasteiger partial charge is 0.231 e. The second-order valence-electron chi connectivity index (χ2n) is 5.50. The molecule has 1 unspecified atom stereocenters. The van der Waals surface area contributed by atoms with E-state index in [1.165, 1.54) is 5.56 Å². The molecule has 0 radical (unpaired) electrons. The summed E-state index contributed by atoms with van der Waals surface area (Å²) in [5.41, 5.74) is 1.21. The van der Waals surface area contributed by atoms with Gasteiger partial charge in [0.25, 0.3) is 0 Å². The topological polar surface area (TPSA) is 50.8 Å². The molecular weight excluding hydrogens is 300 g/mol. The van der Waals surface area contributed by atoms with Crippen LogP contribution in [0.5, 0.6) is 11.5 Å². The summed E-state index contributed by atoms with van der Waals surface area (Å²) in [4.78, 5) is 13.8. The third-order valence-electron chi connectivity index (χ3n) is 3.78. The number of amides is 1.